The zero-order valence-electron chi connectivity index (χ0n) is 11.4. The Hall–Kier alpha value is -2.05. The first-order chi connectivity index (χ1) is 10.0. The summed E-state index contributed by atoms with van der Waals surface area (Å²) < 4.78 is 5.23. The van der Waals surface area contributed by atoms with E-state index in [4.69, 9.17) is 22.1 Å². The van der Waals surface area contributed by atoms with E-state index in [1.54, 1.807) is 13.2 Å². The van der Waals surface area contributed by atoms with Crippen molar-refractivity contribution in [2.75, 3.05) is 12.8 Å². The summed E-state index contributed by atoms with van der Waals surface area (Å²) in [5.74, 6) is 0.710. The van der Waals surface area contributed by atoms with Gasteiger partial charge in [0.25, 0.3) is 5.56 Å². The first-order valence-corrected chi connectivity index (χ1v) is 7.33. The van der Waals surface area contributed by atoms with Gasteiger partial charge in [-0.3, -0.25) is 9.78 Å². The van der Waals surface area contributed by atoms with Crippen molar-refractivity contribution in [1.29, 1.82) is 0 Å². The van der Waals surface area contributed by atoms with Crippen molar-refractivity contribution in [2.45, 2.75) is 6.92 Å². The summed E-state index contributed by atoms with van der Waals surface area (Å²) in [5.41, 5.74) is 7.16. The second-order valence-electron chi connectivity index (χ2n) is 4.54. The maximum absolute atomic E-state index is 12.0. The van der Waals surface area contributed by atoms with E-state index in [0.29, 0.717) is 21.0 Å². The number of rotatable bonds is 2. The van der Waals surface area contributed by atoms with Crippen LogP contribution in [0.2, 0.25) is 5.02 Å². The maximum Gasteiger partial charge on any atom is 0.261 e. The van der Waals surface area contributed by atoms with Crippen molar-refractivity contribution in [3.8, 4) is 16.2 Å². The fourth-order valence-electron chi connectivity index (χ4n) is 2.24. The minimum atomic E-state index is -0.224. The van der Waals surface area contributed by atoms with Gasteiger partial charge < -0.3 is 10.5 Å². The number of hydrogen-bond donors (Lipinski definition) is 2. The highest BCUT2D eigenvalue weighted by molar-refractivity contribution is 7.22. The standard InChI is InChI=1S/C14H12ClN3O2S/c1-6-10-12(19)17-14(16)18-13(10)21-11(6)7-3-4-8(15)9(5-7)20-2/h3-5H,1-2H3,(H3,16,17,18,19). The number of thiophene rings is 1. The van der Waals surface area contributed by atoms with Gasteiger partial charge in [-0.05, 0) is 30.2 Å². The molecule has 0 saturated heterocycles. The summed E-state index contributed by atoms with van der Waals surface area (Å²) >= 11 is 7.46. The summed E-state index contributed by atoms with van der Waals surface area (Å²) in [7, 11) is 1.57. The lowest BCUT2D eigenvalue weighted by atomic mass is 10.1. The van der Waals surface area contributed by atoms with Gasteiger partial charge >= 0.3 is 0 Å². The van der Waals surface area contributed by atoms with Crippen LogP contribution in [0, 0.1) is 6.92 Å². The second kappa shape index (κ2) is 5.05. The van der Waals surface area contributed by atoms with Gasteiger partial charge in [0, 0.05) is 4.88 Å². The molecule has 0 radical (unpaired) electrons. The number of halogens is 1. The molecule has 0 bridgehead atoms. The number of aromatic amines is 1. The summed E-state index contributed by atoms with van der Waals surface area (Å²) in [6, 6.07) is 5.50. The van der Waals surface area contributed by atoms with Crippen molar-refractivity contribution in [3.63, 3.8) is 0 Å². The van der Waals surface area contributed by atoms with Gasteiger partial charge in [-0.2, -0.15) is 0 Å². The number of H-pyrrole nitrogens is 1. The average molecular weight is 322 g/mol. The third kappa shape index (κ3) is 2.26. The first kappa shape index (κ1) is 13.9. The van der Waals surface area contributed by atoms with Crippen LogP contribution in [0.4, 0.5) is 5.95 Å². The number of fused-ring (bicyclic) bond motifs is 1. The van der Waals surface area contributed by atoms with Crippen LogP contribution in [-0.2, 0) is 0 Å². The highest BCUT2D eigenvalue weighted by Gasteiger charge is 2.16. The van der Waals surface area contributed by atoms with E-state index in [9.17, 15) is 4.79 Å². The van der Waals surface area contributed by atoms with Crippen LogP contribution in [0.15, 0.2) is 23.0 Å². The van der Waals surface area contributed by atoms with E-state index < -0.39 is 0 Å². The lowest BCUT2D eigenvalue weighted by Crippen LogP contribution is -2.10. The number of benzene rings is 1. The van der Waals surface area contributed by atoms with Crippen LogP contribution >= 0.6 is 22.9 Å². The molecular weight excluding hydrogens is 310 g/mol. The number of methoxy groups -OCH3 is 1. The van der Waals surface area contributed by atoms with Gasteiger partial charge in [0.15, 0.2) is 0 Å². The molecule has 0 spiro atoms. The van der Waals surface area contributed by atoms with E-state index in [1.165, 1.54) is 11.3 Å². The van der Waals surface area contributed by atoms with E-state index >= 15 is 0 Å². The smallest absolute Gasteiger partial charge is 0.261 e. The molecule has 3 N–H and O–H groups in total. The predicted octanol–water partition coefficient (Wildman–Crippen LogP) is 3.20. The van der Waals surface area contributed by atoms with E-state index in [-0.39, 0.29) is 11.5 Å². The number of nitrogens with one attached hydrogen (secondary N) is 1. The van der Waals surface area contributed by atoms with Crippen LogP contribution < -0.4 is 16.0 Å². The largest absolute Gasteiger partial charge is 0.495 e. The van der Waals surface area contributed by atoms with Gasteiger partial charge in [0.05, 0.1) is 17.5 Å². The molecule has 3 aromatic rings. The Morgan fingerprint density at radius 1 is 1.43 bits per heavy atom. The van der Waals surface area contributed by atoms with Crippen molar-refractivity contribution in [1.82, 2.24) is 9.97 Å². The Morgan fingerprint density at radius 2 is 2.19 bits per heavy atom. The molecule has 0 atom stereocenters. The van der Waals surface area contributed by atoms with Crippen molar-refractivity contribution >= 4 is 39.1 Å². The monoisotopic (exact) mass is 321 g/mol. The van der Waals surface area contributed by atoms with Gasteiger partial charge in [-0.15, -0.1) is 11.3 Å². The molecule has 0 aliphatic heterocycles. The number of ether oxygens (including phenoxy) is 1. The SMILES string of the molecule is COc1cc(-c2sc3nc(N)[nH]c(=O)c3c2C)ccc1Cl. The first-order valence-electron chi connectivity index (χ1n) is 6.14. The summed E-state index contributed by atoms with van der Waals surface area (Å²) in [5, 5.41) is 1.11. The Bertz CT molecular complexity index is 901. The fraction of sp³-hybridized carbons (Fsp3) is 0.143. The zero-order chi connectivity index (χ0) is 15.1. The summed E-state index contributed by atoms with van der Waals surface area (Å²) in [6.45, 7) is 1.89. The molecule has 0 aliphatic carbocycles. The molecule has 21 heavy (non-hydrogen) atoms. The third-order valence-electron chi connectivity index (χ3n) is 3.23. The highest BCUT2D eigenvalue weighted by Crippen LogP contribution is 2.38. The van der Waals surface area contributed by atoms with Crippen LogP contribution in [0.25, 0.3) is 20.7 Å². The lowest BCUT2D eigenvalue weighted by Gasteiger charge is -2.05. The molecule has 0 saturated carbocycles. The average Bonchev–Trinajstić information content (AvgIpc) is 2.76. The van der Waals surface area contributed by atoms with Gasteiger partial charge in [-0.1, -0.05) is 17.7 Å². The molecular formula is C14H12ClN3O2S. The second-order valence-corrected chi connectivity index (χ2v) is 5.94. The topological polar surface area (TPSA) is 81.0 Å². The molecule has 2 aromatic heterocycles. The molecule has 5 nitrogen and oxygen atoms in total. The zero-order valence-corrected chi connectivity index (χ0v) is 12.9. The molecule has 3 rings (SSSR count). The normalized spacial score (nSPS) is 11.0. The van der Waals surface area contributed by atoms with Crippen LogP contribution in [0.3, 0.4) is 0 Å². The van der Waals surface area contributed by atoms with E-state index in [0.717, 1.165) is 16.0 Å². The van der Waals surface area contributed by atoms with Gasteiger partial charge in [0.2, 0.25) is 5.95 Å². The molecule has 0 aliphatic rings. The number of aryl methyl sites for hydroxylation is 1. The minimum absolute atomic E-state index is 0.119. The third-order valence-corrected chi connectivity index (χ3v) is 4.78. The van der Waals surface area contributed by atoms with Crippen LogP contribution in [0.5, 0.6) is 5.75 Å². The molecule has 1 aromatic carbocycles. The Labute approximate surface area is 129 Å². The fourth-order valence-corrected chi connectivity index (χ4v) is 3.62. The number of nitrogens with zero attached hydrogens (tertiary/aromatic N) is 1. The molecule has 108 valence electrons. The number of hydrogen-bond acceptors (Lipinski definition) is 5. The predicted molar refractivity (Wildman–Crippen MR) is 86.4 cm³/mol. The minimum Gasteiger partial charge on any atom is -0.495 e. The van der Waals surface area contributed by atoms with E-state index in [2.05, 4.69) is 9.97 Å². The summed E-state index contributed by atoms with van der Waals surface area (Å²) in [4.78, 5) is 20.3. The summed E-state index contributed by atoms with van der Waals surface area (Å²) in [6.07, 6.45) is 0. The quantitative estimate of drug-likeness (QED) is 0.759. The molecule has 7 heteroatoms. The lowest BCUT2D eigenvalue weighted by molar-refractivity contribution is 0.415. The van der Waals surface area contributed by atoms with Crippen molar-refractivity contribution < 1.29 is 4.74 Å². The number of nitrogen functional groups attached to an aromatic ring is 1. The molecule has 2 heterocycles. The Morgan fingerprint density at radius 3 is 2.90 bits per heavy atom. The number of anilines is 1. The van der Waals surface area contributed by atoms with Crippen LogP contribution in [0.1, 0.15) is 5.56 Å². The maximum atomic E-state index is 12.0. The molecule has 0 amide bonds. The number of nitrogens with two attached hydrogens (primary N) is 1. The van der Waals surface area contributed by atoms with Crippen molar-refractivity contribution in [3.05, 3.63) is 39.1 Å². The van der Waals surface area contributed by atoms with Gasteiger partial charge in [-0.25, -0.2) is 4.98 Å². The molecule has 0 fully saturated rings. The number of aromatic nitrogens is 2. The highest BCUT2D eigenvalue weighted by atomic mass is 35.5. The van der Waals surface area contributed by atoms with E-state index in [1.807, 2.05) is 19.1 Å². The van der Waals surface area contributed by atoms with Gasteiger partial charge in [0.1, 0.15) is 10.6 Å². The Kier molecular flexibility index (Phi) is 3.35. The van der Waals surface area contributed by atoms with Crippen molar-refractivity contribution in [2.24, 2.45) is 0 Å². The van der Waals surface area contributed by atoms with Crippen LogP contribution in [-0.4, -0.2) is 17.1 Å². The Balaban J connectivity index is 2.28. The molecule has 0 unspecified atom stereocenters.